The van der Waals surface area contributed by atoms with Crippen molar-refractivity contribution in [1.82, 2.24) is 10.4 Å². The summed E-state index contributed by atoms with van der Waals surface area (Å²) in [5.74, 6) is -0.681. The van der Waals surface area contributed by atoms with Crippen molar-refractivity contribution in [2.24, 2.45) is 5.10 Å². The molecule has 6 nitrogen and oxygen atoms in total. The third-order valence-corrected chi connectivity index (χ3v) is 7.90. The Morgan fingerprint density at radius 3 is 2.56 bits per heavy atom. The second-order valence-corrected chi connectivity index (χ2v) is 11.5. The van der Waals surface area contributed by atoms with Crippen molar-refractivity contribution in [3.63, 3.8) is 0 Å². The van der Waals surface area contributed by atoms with Crippen LogP contribution < -0.4 is 10.2 Å². The van der Waals surface area contributed by atoms with Gasteiger partial charge in [-0.25, -0.2) is 10.2 Å². The van der Waals surface area contributed by atoms with Gasteiger partial charge in [-0.2, -0.15) is 5.10 Å². The van der Waals surface area contributed by atoms with Gasteiger partial charge in [0.15, 0.2) is 5.75 Å². The number of fused-ring (bicyclic) bond motifs is 1. The summed E-state index contributed by atoms with van der Waals surface area (Å²) in [6, 6.07) is 24.0. The number of aromatic amines is 1. The maximum Gasteiger partial charge on any atom is 0.343 e. The zero-order valence-corrected chi connectivity index (χ0v) is 26.0. The van der Waals surface area contributed by atoms with Gasteiger partial charge < -0.3 is 9.72 Å². The number of hydrazone groups is 1. The van der Waals surface area contributed by atoms with Crippen LogP contribution >= 0.6 is 43.5 Å². The molecule has 0 unspecified atom stereocenters. The number of hydrogen-bond acceptors (Lipinski definition) is 4. The van der Waals surface area contributed by atoms with Crippen molar-refractivity contribution in [3.8, 4) is 16.9 Å². The van der Waals surface area contributed by atoms with Gasteiger partial charge in [-0.1, -0.05) is 88.5 Å². The first-order chi connectivity index (χ1) is 19.8. The van der Waals surface area contributed by atoms with Crippen LogP contribution in [0.1, 0.15) is 44.5 Å². The van der Waals surface area contributed by atoms with E-state index in [0.29, 0.717) is 31.9 Å². The Hall–Kier alpha value is -3.72. The van der Waals surface area contributed by atoms with Gasteiger partial charge in [0.1, 0.15) is 5.69 Å². The molecule has 4 aromatic carbocycles. The van der Waals surface area contributed by atoms with Crippen LogP contribution in [-0.2, 0) is 6.42 Å². The van der Waals surface area contributed by atoms with Crippen molar-refractivity contribution in [2.75, 3.05) is 0 Å². The predicted molar refractivity (Wildman–Crippen MR) is 171 cm³/mol. The number of aryl methyl sites for hydroxylation is 2. The minimum atomic E-state index is -0.510. The Morgan fingerprint density at radius 1 is 1.02 bits per heavy atom. The zero-order valence-electron chi connectivity index (χ0n) is 22.1. The third-order valence-electron chi connectivity index (χ3n) is 6.53. The number of amides is 1. The molecule has 9 heteroatoms. The number of nitrogens with zero attached hydrogens (tertiary/aromatic N) is 1. The Morgan fingerprint density at radius 2 is 1.80 bits per heavy atom. The average Bonchev–Trinajstić information content (AvgIpc) is 3.34. The highest BCUT2D eigenvalue weighted by Gasteiger charge is 2.22. The van der Waals surface area contributed by atoms with Gasteiger partial charge in [-0.3, -0.25) is 4.79 Å². The molecular formula is C32H24Br2ClN3O3. The van der Waals surface area contributed by atoms with E-state index in [4.69, 9.17) is 16.3 Å². The molecule has 41 heavy (non-hydrogen) atoms. The molecule has 0 saturated heterocycles. The number of aromatic nitrogens is 1. The number of ether oxygens (including phenoxy) is 1. The number of carbonyl (C=O) groups is 2. The van der Waals surface area contributed by atoms with E-state index in [2.05, 4.69) is 54.3 Å². The molecule has 206 valence electrons. The van der Waals surface area contributed by atoms with Crippen LogP contribution in [0.25, 0.3) is 22.0 Å². The van der Waals surface area contributed by atoms with E-state index in [0.717, 1.165) is 38.5 Å². The number of benzene rings is 4. The lowest BCUT2D eigenvalue weighted by atomic mass is 9.99. The average molecular weight is 694 g/mol. The number of rotatable bonds is 7. The van der Waals surface area contributed by atoms with E-state index < -0.39 is 11.9 Å². The Balaban J connectivity index is 1.48. The molecule has 1 amide bonds. The fraction of sp³-hybridized carbons (Fsp3) is 0.0938. The lowest BCUT2D eigenvalue weighted by Gasteiger charge is -2.11. The fourth-order valence-corrected chi connectivity index (χ4v) is 6.18. The zero-order chi connectivity index (χ0) is 29.1. The summed E-state index contributed by atoms with van der Waals surface area (Å²) in [5, 5.41) is 5.64. The van der Waals surface area contributed by atoms with Gasteiger partial charge in [0, 0.05) is 37.1 Å². The largest absolute Gasteiger partial charge is 0.421 e. The normalized spacial score (nSPS) is 11.2. The van der Waals surface area contributed by atoms with Crippen LogP contribution in [0.3, 0.4) is 0 Å². The van der Waals surface area contributed by atoms with Crippen molar-refractivity contribution in [3.05, 3.63) is 121 Å². The van der Waals surface area contributed by atoms with E-state index in [1.165, 1.54) is 6.21 Å². The summed E-state index contributed by atoms with van der Waals surface area (Å²) in [6.45, 7) is 3.97. The molecule has 0 spiro atoms. The van der Waals surface area contributed by atoms with Gasteiger partial charge in [-0.15, -0.1) is 0 Å². The van der Waals surface area contributed by atoms with E-state index >= 15 is 0 Å². The van der Waals surface area contributed by atoms with Crippen molar-refractivity contribution in [2.45, 2.75) is 20.3 Å². The van der Waals surface area contributed by atoms with Crippen LogP contribution in [-0.4, -0.2) is 23.1 Å². The Kier molecular flexibility index (Phi) is 8.73. The second-order valence-electron chi connectivity index (χ2n) is 9.31. The highest BCUT2D eigenvalue weighted by molar-refractivity contribution is 9.11. The van der Waals surface area contributed by atoms with Crippen molar-refractivity contribution < 1.29 is 14.3 Å². The summed E-state index contributed by atoms with van der Waals surface area (Å²) in [5.41, 5.74) is 8.20. The molecule has 0 radical (unpaired) electrons. The van der Waals surface area contributed by atoms with Crippen LogP contribution in [0, 0.1) is 6.92 Å². The minimum Gasteiger partial charge on any atom is -0.421 e. The lowest BCUT2D eigenvalue weighted by molar-refractivity contribution is 0.0732. The first kappa shape index (κ1) is 28.8. The Labute approximate surface area is 259 Å². The molecule has 0 atom stereocenters. The molecule has 0 saturated carbocycles. The first-order valence-corrected chi connectivity index (χ1v) is 14.7. The highest BCUT2D eigenvalue weighted by atomic mass is 79.9. The van der Waals surface area contributed by atoms with Crippen LogP contribution in [0.2, 0.25) is 5.02 Å². The summed E-state index contributed by atoms with van der Waals surface area (Å²) in [4.78, 5) is 29.7. The van der Waals surface area contributed by atoms with Gasteiger partial charge in [0.25, 0.3) is 5.91 Å². The fourth-order valence-electron chi connectivity index (χ4n) is 4.61. The Bertz CT molecular complexity index is 1830. The molecule has 1 aromatic heterocycles. The van der Waals surface area contributed by atoms with Gasteiger partial charge in [0.05, 0.1) is 16.3 Å². The maximum atomic E-state index is 13.5. The molecule has 0 bridgehead atoms. The SMILES string of the molecule is CCc1cccc2c(-c3ccccc3Cl)c(C(=O)NN=Cc3cc(Br)cc(Br)c3OC(=O)c3cccc(C)c3)[nH]c12. The number of nitrogens with one attached hydrogen (secondary N) is 2. The topological polar surface area (TPSA) is 83.5 Å². The van der Waals surface area contributed by atoms with Gasteiger partial charge in [0.2, 0.25) is 0 Å². The molecule has 0 fully saturated rings. The van der Waals surface area contributed by atoms with Crippen LogP contribution in [0.15, 0.2) is 92.9 Å². The lowest BCUT2D eigenvalue weighted by Crippen LogP contribution is -2.19. The highest BCUT2D eigenvalue weighted by Crippen LogP contribution is 2.38. The molecular weight excluding hydrogens is 670 g/mol. The molecule has 5 aromatic rings. The number of halogens is 3. The second kappa shape index (κ2) is 12.4. The number of carbonyl (C=O) groups excluding carboxylic acids is 2. The van der Waals surface area contributed by atoms with E-state index in [9.17, 15) is 9.59 Å². The molecule has 5 rings (SSSR count). The van der Waals surface area contributed by atoms with Crippen molar-refractivity contribution in [1.29, 1.82) is 0 Å². The molecule has 0 aliphatic rings. The number of hydrogen-bond donors (Lipinski definition) is 2. The van der Waals surface area contributed by atoms with E-state index in [1.54, 1.807) is 36.4 Å². The predicted octanol–water partition coefficient (Wildman–Crippen LogP) is 8.87. The third kappa shape index (κ3) is 6.15. The summed E-state index contributed by atoms with van der Waals surface area (Å²) >= 11 is 13.5. The summed E-state index contributed by atoms with van der Waals surface area (Å²) in [6.07, 6.45) is 2.22. The molecule has 1 heterocycles. The van der Waals surface area contributed by atoms with E-state index in [-0.39, 0.29) is 5.75 Å². The summed E-state index contributed by atoms with van der Waals surface area (Å²) in [7, 11) is 0. The van der Waals surface area contributed by atoms with Crippen molar-refractivity contribution >= 4 is 72.5 Å². The number of H-pyrrole nitrogens is 1. The number of esters is 1. The first-order valence-electron chi connectivity index (χ1n) is 12.8. The van der Waals surface area contributed by atoms with E-state index in [1.807, 2.05) is 49.4 Å². The monoisotopic (exact) mass is 691 g/mol. The minimum absolute atomic E-state index is 0.271. The van der Waals surface area contributed by atoms with Crippen LogP contribution in [0.4, 0.5) is 0 Å². The standard InChI is InChI=1S/C32H24Br2ClN3O3/c1-3-19-9-7-12-24-27(23-11-4-5-13-26(23)35)29(37-28(19)24)31(39)38-36-17-21-15-22(33)16-25(34)30(21)41-32(40)20-10-6-8-18(2)14-20/h4-17,37H,3H2,1-2H3,(H,38,39). The number of para-hydroxylation sites is 1. The quantitative estimate of drug-likeness (QED) is 0.0774. The molecule has 0 aliphatic heterocycles. The van der Waals surface area contributed by atoms with Gasteiger partial charge >= 0.3 is 5.97 Å². The van der Waals surface area contributed by atoms with Crippen LogP contribution in [0.5, 0.6) is 5.75 Å². The smallest absolute Gasteiger partial charge is 0.343 e. The van der Waals surface area contributed by atoms with Gasteiger partial charge in [-0.05, 0) is 65.2 Å². The maximum absolute atomic E-state index is 13.5. The molecule has 0 aliphatic carbocycles. The molecule has 2 N–H and O–H groups in total. The summed E-state index contributed by atoms with van der Waals surface area (Å²) < 4.78 is 7.02.